The molecule has 1 aromatic rings. The third-order valence-corrected chi connectivity index (χ3v) is 4.40. The number of nitrogens with one attached hydrogen (secondary N) is 1. The van der Waals surface area contributed by atoms with Gasteiger partial charge < -0.3 is 10.2 Å². The fraction of sp³-hybridized carbons (Fsp3) is 0.643. The van der Waals surface area contributed by atoms with E-state index in [1.54, 1.807) is 18.4 Å². The number of nitrogens with zero attached hydrogens (tertiary/aromatic N) is 3. The highest BCUT2D eigenvalue weighted by molar-refractivity contribution is 7.09. The molecule has 2 rings (SSSR count). The van der Waals surface area contributed by atoms with Crippen LogP contribution in [0.15, 0.2) is 22.5 Å². The van der Waals surface area contributed by atoms with Crippen molar-refractivity contribution in [3.8, 4) is 0 Å². The Balaban J connectivity index is 1.74. The molecule has 0 bridgehead atoms. The van der Waals surface area contributed by atoms with Crippen molar-refractivity contribution in [1.82, 2.24) is 15.1 Å². The smallest absolute Gasteiger partial charge is 0.356 e. The number of alkyl halides is 3. The molecule has 1 aliphatic heterocycles. The molecule has 0 amide bonds. The molecule has 2 heterocycles. The highest BCUT2D eigenvalue weighted by atomic mass is 32.1. The van der Waals surface area contributed by atoms with Gasteiger partial charge in [-0.2, -0.15) is 13.2 Å². The lowest BCUT2D eigenvalue weighted by Crippen LogP contribution is -2.52. The molecular formula is C14H21F3N4S. The van der Waals surface area contributed by atoms with Gasteiger partial charge in [0.2, 0.25) is 0 Å². The first-order chi connectivity index (χ1) is 10.5. The van der Waals surface area contributed by atoms with E-state index >= 15 is 0 Å². The van der Waals surface area contributed by atoms with E-state index < -0.39 is 12.6 Å². The molecule has 124 valence electrons. The van der Waals surface area contributed by atoms with E-state index in [0.717, 1.165) is 32.7 Å². The van der Waals surface area contributed by atoms with Crippen LogP contribution < -0.4 is 5.32 Å². The number of guanidine groups is 1. The van der Waals surface area contributed by atoms with E-state index in [4.69, 9.17) is 0 Å². The number of hydrogen-bond donors (Lipinski definition) is 1. The predicted molar refractivity (Wildman–Crippen MR) is 83.2 cm³/mol. The Labute approximate surface area is 132 Å². The van der Waals surface area contributed by atoms with Gasteiger partial charge in [-0.3, -0.25) is 9.89 Å². The lowest BCUT2D eigenvalue weighted by Gasteiger charge is -2.36. The fourth-order valence-electron chi connectivity index (χ4n) is 2.39. The van der Waals surface area contributed by atoms with Crippen LogP contribution in [-0.4, -0.2) is 61.7 Å². The van der Waals surface area contributed by atoms with Crippen molar-refractivity contribution >= 4 is 17.3 Å². The van der Waals surface area contributed by atoms with Crippen LogP contribution in [0.25, 0.3) is 0 Å². The molecule has 0 radical (unpaired) electrons. The monoisotopic (exact) mass is 334 g/mol. The first kappa shape index (κ1) is 17.1. The summed E-state index contributed by atoms with van der Waals surface area (Å²) in [6.07, 6.45) is -4.98. The zero-order valence-electron chi connectivity index (χ0n) is 12.6. The van der Waals surface area contributed by atoms with Crippen LogP contribution in [0.4, 0.5) is 13.2 Å². The van der Waals surface area contributed by atoms with E-state index in [-0.39, 0.29) is 6.54 Å². The molecule has 0 aromatic carbocycles. The van der Waals surface area contributed by atoms with E-state index in [1.165, 1.54) is 4.88 Å². The van der Waals surface area contributed by atoms with Crippen LogP contribution in [0.5, 0.6) is 0 Å². The zero-order valence-corrected chi connectivity index (χ0v) is 13.4. The van der Waals surface area contributed by atoms with Crippen LogP contribution in [0.1, 0.15) is 11.3 Å². The van der Waals surface area contributed by atoms with Gasteiger partial charge in [0.1, 0.15) is 0 Å². The standard InChI is InChI=1S/C14H21F3N4S/c1-18-13(19-5-4-14(15,16)17)21-8-6-20(7-9-21)11-12-3-2-10-22-12/h2-3,10H,4-9,11H2,1H3,(H,18,19). The Morgan fingerprint density at radius 1 is 1.32 bits per heavy atom. The molecule has 22 heavy (non-hydrogen) atoms. The Hall–Kier alpha value is -1.28. The maximum atomic E-state index is 12.2. The van der Waals surface area contributed by atoms with Crippen LogP contribution >= 0.6 is 11.3 Å². The van der Waals surface area contributed by atoms with Crippen LogP contribution in [0.2, 0.25) is 0 Å². The van der Waals surface area contributed by atoms with Crippen molar-refractivity contribution in [2.24, 2.45) is 4.99 Å². The molecule has 1 aliphatic rings. The molecule has 8 heteroatoms. The summed E-state index contributed by atoms with van der Waals surface area (Å²) >= 11 is 1.74. The normalized spacial score (nSPS) is 17.8. The van der Waals surface area contributed by atoms with Gasteiger partial charge >= 0.3 is 6.18 Å². The van der Waals surface area contributed by atoms with E-state index in [0.29, 0.717) is 5.96 Å². The minimum atomic E-state index is -4.13. The molecule has 0 atom stereocenters. The number of hydrogen-bond acceptors (Lipinski definition) is 3. The first-order valence-electron chi connectivity index (χ1n) is 7.25. The zero-order chi connectivity index (χ0) is 16.0. The number of halogens is 3. The average Bonchev–Trinajstić information content (AvgIpc) is 2.97. The largest absolute Gasteiger partial charge is 0.390 e. The number of thiophene rings is 1. The number of rotatable bonds is 4. The summed E-state index contributed by atoms with van der Waals surface area (Å²) in [6, 6.07) is 4.16. The third-order valence-electron chi connectivity index (χ3n) is 3.53. The highest BCUT2D eigenvalue weighted by Crippen LogP contribution is 2.18. The topological polar surface area (TPSA) is 30.9 Å². The fourth-order valence-corrected chi connectivity index (χ4v) is 3.14. The van der Waals surface area contributed by atoms with E-state index in [9.17, 15) is 13.2 Å². The molecule has 0 saturated carbocycles. The highest BCUT2D eigenvalue weighted by Gasteiger charge is 2.27. The number of aliphatic imine (C=N–C) groups is 1. The van der Waals surface area contributed by atoms with Gasteiger partial charge in [-0.05, 0) is 11.4 Å². The van der Waals surface area contributed by atoms with Crippen molar-refractivity contribution in [3.63, 3.8) is 0 Å². The summed E-state index contributed by atoms with van der Waals surface area (Å²) in [6.45, 7) is 4.13. The average molecular weight is 334 g/mol. The van der Waals surface area contributed by atoms with Crippen molar-refractivity contribution < 1.29 is 13.2 Å². The molecule has 1 fully saturated rings. The molecule has 0 unspecified atom stereocenters. The maximum Gasteiger partial charge on any atom is 0.390 e. The lowest BCUT2D eigenvalue weighted by molar-refractivity contribution is -0.132. The van der Waals surface area contributed by atoms with Crippen LogP contribution in [-0.2, 0) is 6.54 Å². The van der Waals surface area contributed by atoms with Crippen molar-refractivity contribution in [2.45, 2.75) is 19.1 Å². The molecule has 1 saturated heterocycles. The van der Waals surface area contributed by atoms with E-state index in [1.807, 2.05) is 11.0 Å². The molecular weight excluding hydrogens is 313 g/mol. The van der Waals surface area contributed by atoms with E-state index in [2.05, 4.69) is 26.7 Å². The Morgan fingerprint density at radius 2 is 2.05 bits per heavy atom. The summed E-state index contributed by atoms with van der Waals surface area (Å²) in [5.41, 5.74) is 0. The van der Waals surface area contributed by atoms with Gasteiger partial charge in [0.05, 0.1) is 6.42 Å². The molecule has 0 spiro atoms. The Bertz CT molecular complexity index is 465. The molecule has 0 aliphatic carbocycles. The summed E-state index contributed by atoms with van der Waals surface area (Å²) in [5.74, 6) is 0.556. The van der Waals surface area contributed by atoms with Crippen molar-refractivity contribution in [3.05, 3.63) is 22.4 Å². The SMILES string of the molecule is CN=C(NCCC(F)(F)F)N1CCN(Cc2cccs2)CC1. The van der Waals surface area contributed by atoms with Crippen LogP contribution in [0.3, 0.4) is 0 Å². The second-order valence-corrected chi connectivity index (χ2v) is 6.21. The lowest BCUT2D eigenvalue weighted by atomic mass is 10.3. The summed E-state index contributed by atoms with van der Waals surface area (Å²) in [5, 5.41) is 4.86. The van der Waals surface area contributed by atoms with Gasteiger partial charge in [0, 0.05) is 51.2 Å². The van der Waals surface area contributed by atoms with Gasteiger partial charge in [-0.1, -0.05) is 6.07 Å². The number of piperazine rings is 1. The first-order valence-corrected chi connectivity index (χ1v) is 8.13. The van der Waals surface area contributed by atoms with Gasteiger partial charge in [0.15, 0.2) is 5.96 Å². The predicted octanol–water partition coefficient (Wildman–Crippen LogP) is 2.39. The maximum absolute atomic E-state index is 12.2. The van der Waals surface area contributed by atoms with Crippen molar-refractivity contribution in [2.75, 3.05) is 39.8 Å². The molecule has 1 N–H and O–H groups in total. The van der Waals surface area contributed by atoms with Crippen molar-refractivity contribution in [1.29, 1.82) is 0 Å². The Morgan fingerprint density at radius 3 is 2.59 bits per heavy atom. The van der Waals surface area contributed by atoms with Gasteiger partial charge in [-0.15, -0.1) is 11.3 Å². The minimum absolute atomic E-state index is 0.133. The molecule has 4 nitrogen and oxygen atoms in total. The second-order valence-electron chi connectivity index (χ2n) is 5.18. The minimum Gasteiger partial charge on any atom is -0.356 e. The summed E-state index contributed by atoms with van der Waals surface area (Å²) in [4.78, 5) is 9.78. The Kier molecular flexibility index (Phi) is 6.07. The summed E-state index contributed by atoms with van der Waals surface area (Å²) < 4.78 is 36.6. The van der Waals surface area contributed by atoms with Crippen LogP contribution in [0, 0.1) is 0 Å². The molecule has 1 aromatic heterocycles. The van der Waals surface area contributed by atoms with Gasteiger partial charge in [0.25, 0.3) is 0 Å². The van der Waals surface area contributed by atoms with Gasteiger partial charge in [-0.25, -0.2) is 0 Å². The third kappa shape index (κ3) is 5.49. The second kappa shape index (κ2) is 7.82. The quantitative estimate of drug-likeness (QED) is 0.678. The summed E-state index contributed by atoms with van der Waals surface area (Å²) in [7, 11) is 1.61.